The first kappa shape index (κ1) is 16.4. The van der Waals surface area contributed by atoms with Crippen molar-refractivity contribution < 1.29 is 4.79 Å². The molecule has 0 spiro atoms. The summed E-state index contributed by atoms with van der Waals surface area (Å²) in [7, 11) is 2.00. The van der Waals surface area contributed by atoms with Crippen molar-refractivity contribution in [2.24, 2.45) is 5.92 Å². The number of carbonyl (C=O) groups is 1. The Balaban J connectivity index is 1.68. The second kappa shape index (κ2) is 8.44. The number of carbonyl (C=O) groups excluding carboxylic acids is 1. The van der Waals surface area contributed by atoms with E-state index in [4.69, 9.17) is 0 Å². The van der Waals surface area contributed by atoms with Gasteiger partial charge in [0.1, 0.15) is 0 Å². The molecule has 3 nitrogen and oxygen atoms in total. The van der Waals surface area contributed by atoms with E-state index in [1.165, 1.54) is 11.1 Å². The van der Waals surface area contributed by atoms with Crippen LogP contribution in [0.3, 0.4) is 0 Å². The second-order valence-corrected chi connectivity index (χ2v) is 6.85. The molecule has 1 fully saturated rings. The van der Waals surface area contributed by atoms with Gasteiger partial charge in [0.05, 0.1) is 5.75 Å². The van der Waals surface area contributed by atoms with Crippen molar-refractivity contribution in [1.29, 1.82) is 0 Å². The summed E-state index contributed by atoms with van der Waals surface area (Å²) in [6.45, 7) is 5.03. The van der Waals surface area contributed by atoms with Gasteiger partial charge in [0, 0.05) is 18.8 Å². The number of hydrogen-bond acceptors (Lipinski definition) is 3. The first-order valence-electron chi connectivity index (χ1n) is 7.74. The van der Waals surface area contributed by atoms with E-state index in [2.05, 4.69) is 36.5 Å². The van der Waals surface area contributed by atoms with E-state index in [1.807, 2.05) is 11.9 Å². The van der Waals surface area contributed by atoms with Gasteiger partial charge in [-0.25, -0.2) is 0 Å². The molecule has 1 aliphatic rings. The minimum Gasteiger partial charge on any atom is -0.342 e. The lowest BCUT2D eigenvalue weighted by atomic mass is 9.97. The van der Waals surface area contributed by atoms with E-state index in [1.54, 1.807) is 11.8 Å². The van der Waals surface area contributed by atoms with Crippen molar-refractivity contribution in [3.05, 3.63) is 35.4 Å². The molecule has 0 bridgehead atoms. The van der Waals surface area contributed by atoms with E-state index in [0.717, 1.165) is 44.1 Å². The van der Waals surface area contributed by atoms with Gasteiger partial charge in [0.2, 0.25) is 5.91 Å². The number of hydrogen-bond donors (Lipinski definition) is 1. The summed E-state index contributed by atoms with van der Waals surface area (Å²) in [4.78, 5) is 14.2. The van der Waals surface area contributed by atoms with Crippen LogP contribution in [0, 0.1) is 12.8 Å². The van der Waals surface area contributed by atoms with Crippen LogP contribution in [0.2, 0.25) is 0 Å². The Morgan fingerprint density at radius 1 is 1.38 bits per heavy atom. The van der Waals surface area contributed by atoms with Crippen LogP contribution in [0.25, 0.3) is 0 Å². The summed E-state index contributed by atoms with van der Waals surface area (Å²) in [5.41, 5.74) is 2.59. The van der Waals surface area contributed by atoms with Gasteiger partial charge in [-0.05, 0) is 44.8 Å². The van der Waals surface area contributed by atoms with E-state index in [9.17, 15) is 4.79 Å². The van der Waals surface area contributed by atoms with Crippen molar-refractivity contribution >= 4 is 17.7 Å². The maximum Gasteiger partial charge on any atom is 0.232 e. The van der Waals surface area contributed by atoms with Crippen LogP contribution in [-0.4, -0.2) is 43.2 Å². The highest BCUT2D eigenvalue weighted by Crippen LogP contribution is 2.19. The lowest BCUT2D eigenvalue weighted by Crippen LogP contribution is -2.41. The quantitative estimate of drug-likeness (QED) is 0.877. The predicted molar refractivity (Wildman–Crippen MR) is 90.6 cm³/mol. The van der Waals surface area contributed by atoms with Gasteiger partial charge in [-0.15, -0.1) is 11.8 Å². The number of piperidine rings is 1. The highest BCUT2D eigenvalue weighted by Gasteiger charge is 2.21. The molecule has 2 rings (SSSR count). The van der Waals surface area contributed by atoms with E-state index in [0.29, 0.717) is 11.7 Å². The Morgan fingerprint density at radius 2 is 2.14 bits per heavy atom. The van der Waals surface area contributed by atoms with Gasteiger partial charge in [-0.3, -0.25) is 4.79 Å². The van der Waals surface area contributed by atoms with Crippen LogP contribution in [0.4, 0.5) is 0 Å². The largest absolute Gasteiger partial charge is 0.342 e. The third-order valence-electron chi connectivity index (χ3n) is 4.04. The first-order valence-corrected chi connectivity index (χ1v) is 8.90. The highest BCUT2D eigenvalue weighted by atomic mass is 32.2. The molecule has 1 aliphatic heterocycles. The molecule has 0 atom stereocenters. The van der Waals surface area contributed by atoms with Crippen molar-refractivity contribution in [3.8, 4) is 0 Å². The summed E-state index contributed by atoms with van der Waals surface area (Å²) in [5.74, 6) is 2.56. The fourth-order valence-corrected chi connectivity index (χ4v) is 3.70. The van der Waals surface area contributed by atoms with Crippen LogP contribution in [0.15, 0.2) is 24.3 Å². The minimum atomic E-state index is 0.301. The van der Waals surface area contributed by atoms with E-state index in [-0.39, 0.29) is 0 Å². The Bertz CT molecular complexity index is 456. The zero-order valence-electron chi connectivity index (χ0n) is 13.1. The van der Waals surface area contributed by atoms with Crippen molar-refractivity contribution in [3.63, 3.8) is 0 Å². The molecular formula is C17H26N2OS. The maximum atomic E-state index is 12.2. The van der Waals surface area contributed by atoms with Gasteiger partial charge in [0.25, 0.3) is 0 Å². The molecule has 0 radical (unpaired) electrons. The number of thioether (sulfide) groups is 1. The number of benzene rings is 1. The molecule has 0 unspecified atom stereocenters. The lowest BCUT2D eigenvalue weighted by molar-refractivity contribution is -0.129. The molecule has 1 amide bonds. The molecule has 1 N–H and O–H groups in total. The average molecular weight is 306 g/mol. The number of likely N-dealkylation sites (tertiary alicyclic amines) is 1. The topological polar surface area (TPSA) is 32.3 Å². The number of nitrogens with one attached hydrogen (secondary N) is 1. The zero-order chi connectivity index (χ0) is 15.1. The average Bonchev–Trinajstić information content (AvgIpc) is 2.48. The highest BCUT2D eigenvalue weighted by molar-refractivity contribution is 7.99. The van der Waals surface area contributed by atoms with Gasteiger partial charge < -0.3 is 10.2 Å². The first-order chi connectivity index (χ1) is 10.2. The van der Waals surface area contributed by atoms with Crippen LogP contribution < -0.4 is 5.32 Å². The predicted octanol–water partition coefficient (Wildman–Crippen LogP) is 2.69. The standard InChI is InChI=1S/C17H26N2OS/c1-14-4-3-5-16(10-14)12-21-13-17(20)19-8-6-15(7-9-19)11-18-2/h3-5,10,15,18H,6-9,11-13H2,1-2H3. The van der Waals surface area contributed by atoms with Gasteiger partial charge >= 0.3 is 0 Å². The zero-order valence-corrected chi connectivity index (χ0v) is 13.9. The maximum absolute atomic E-state index is 12.2. The van der Waals surface area contributed by atoms with Crippen LogP contribution in [0.5, 0.6) is 0 Å². The minimum absolute atomic E-state index is 0.301. The van der Waals surface area contributed by atoms with Gasteiger partial charge in [-0.1, -0.05) is 29.8 Å². The molecule has 0 aromatic heterocycles. The lowest BCUT2D eigenvalue weighted by Gasteiger charge is -2.32. The van der Waals surface area contributed by atoms with Crippen LogP contribution in [-0.2, 0) is 10.5 Å². The Hall–Kier alpha value is -1.00. The molecule has 4 heteroatoms. The number of aryl methyl sites for hydroxylation is 1. The number of nitrogens with zero attached hydrogens (tertiary/aromatic N) is 1. The SMILES string of the molecule is CNCC1CCN(C(=O)CSCc2cccc(C)c2)CC1. The third kappa shape index (κ3) is 5.36. The molecule has 1 saturated heterocycles. The summed E-state index contributed by atoms with van der Waals surface area (Å²) in [5, 5.41) is 3.23. The third-order valence-corrected chi connectivity index (χ3v) is 5.03. The van der Waals surface area contributed by atoms with Crippen LogP contribution in [0.1, 0.15) is 24.0 Å². The van der Waals surface area contributed by atoms with Gasteiger partial charge in [-0.2, -0.15) is 0 Å². The summed E-state index contributed by atoms with van der Waals surface area (Å²) >= 11 is 1.72. The molecular weight excluding hydrogens is 280 g/mol. The Labute approximate surface area is 132 Å². The molecule has 0 saturated carbocycles. The van der Waals surface area contributed by atoms with Crippen LogP contribution >= 0.6 is 11.8 Å². The smallest absolute Gasteiger partial charge is 0.232 e. The Morgan fingerprint density at radius 3 is 2.81 bits per heavy atom. The van der Waals surface area contributed by atoms with Crippen molar-refractivity contribution in [1.82, 2.24) is 10.2 Å². The fourth-order valence-electron chi connectivity index (χ4n) is 2.82. The van der Waals surface area contributed by atoms with Gasteiger partial charge in [0.15, 0.2) is 0 Å². The normalized spacial score (nSPS) is 16.2. The monoisotopic (exact) mass is 306 g/mol. The van der Waals surface area contributed by atoms with E-state index >= 15 is 0 Å². The summed E-state index contributed by atoms with van der Waals surface area (Å²) < 4.78 is 0. The molecule has 21 heavy (non-hydrogen) atoms. The molecule has 1 aromatic rings. The summed E-state index contributed by atoms with van der Waals surface area (Å²) in [6.07, 6.45) is 2.27. The molecule has 1 heterocycles. The van der Waals surface area contributed by atoms with Crippen molar-refractivity contribution in [2.75, 3.05) is 32.4 Å². The summed E-state index contributed by atoms with van der Waals surface area (Å²) in [6, 6.07) is 8.52. The fraction of sp³-hybridized carbons (Fsp3) is 0.588. The molecule has 116 valence electrons. The molecule has 0 aliphatic carbocycles. The second-order valence-electron chi connectivity index (χ2n) is 5.86. The number of amides is 1. The van der Waals surface area contributed by atoms with Crippen molar-refractivity contribution in [2.45, 2.75) is 25.5 Å². The van der Waals surface area contributed by atoms with E-state index < -0.39 is 0 Å². The number of rotatable bonds is 6. The Kier molecular flexibility index (Phi) is 6.58. The molecule has 1 aromatic carbocycles.